The maximum atomic E-state index is 5.95. The third-order valence-corrected chi connectivity index (χ3v) is 4.67. The fourth-order valence-electron chi connectivity index (χ4n) is 2.97. The number of halogens is 1. The largest absolute Gasteiger partial charge is 0.459 e. The van der Waals surface area contributed by atoms with Crippen molar-refractivity contribution in [2.75, 3.05) is 0 Å². The zero-order valence-electron chi connectivity index (χ0n) is 11.7. The van der Waals surface area contributed by atoms with E-state index in [0.717, 1.165) is 46.9 Å². The Kier molecular flexibility index (Phi) is 4.15. The summed E-state index contributed by atoms with van der Waals surface area (Å²) in [5.41, 5.74) is 6.90. The standard InChI is InChI=1S/C16H21BrN2O/c1-10(19-14-5-3-13(18)4-6-14)16-9-11-8-12(17)2-7-15(11)20-16/h2,7-10,13-14,19H,3-6,18H2,1H3. The van der Waals surface area contributed by atoms with E-state index in [2.05, 4.69) is 40.3 Å². The lowest BCUT2D eigenvalue weighted by atomic mass is 9.91. The van der Waals surface area contributed by atoms with Crippen molar-refractivity contribution < 1.29 is 4.42 Å². The van der Waals surface area contributed by atoms with Gasteiger partial charge in [0.15, 0.2) is 0 Å². The Balaban J connectivity index is 1.70. The molecule has 0 aliphatic heterocycles. The van der Waals surface area contributed by atoms with Crippen LogP contribution >= 0.6 is 15.9 Å². The number of fused-ring (bicyclic) bond motifs is 1. The minimum atomic E-state index is 0.237. The number of hydrogen-bond acceptors (Lipinski definition) is 3. The Morgan fingerprint density at radius 1 is 1.25 bits per heavy atom. The molecule has 2 aromatic rings. The molecule has 4 heteroatoms. The van der Waals surface area contributed by atoms with Crippen molar-refractivity contribution in [1.29, 1.82) is 0 Å². The number of benzene rings is 1. The van der Waals surface area contributed by atoms with Crippen LogP contribution in [0.2, 0.25) is 0 Å². The predicted octanol–water partition coefficient (Wildman–Crippen LogP) is 4.12. The van der Waals surface area contributed by atoms with Gasteiger partial charge in [-0.3, -0.25) is 0 Å². The third kappa shape index (κ3) is 3.08. The van der Waals surface area contributed by atoms with Crippen molar-refractivity contribution in [3.05, 3.63) is 34.5 Å². The summed E-state index contributed by atoms with van der Waals surface area (Å²) < 4.78 is 7.02. The van der Waals surface area contributed by atoms with E-state index in [1.165, 1.54) is 0 Å². The lowest BCUT2D eigenvalue weighted by Gasteiger charge is -2.28. The lowest BCUT2D eigenvalue weighted by molar-refractivity contribution is 0.308. The van der Waals surface area contributed by atoms with Gasteiger partial charge < -0.3 is 15.5 Å². The van der Waals surface area contributed by atoms with Crippen LogP contribution < -0.4 is 11.1 Å². The number of rotatable bonds is 3. The number of furan rings is 1. The van der Waals surface area contributed by atoms with Gasteiger partial charge in [0.25, 0.3) is 0 Å². The second-order valence-corrected chi connectivity index (χ2v) is 6.75. The molecule has 1 atom stereocenters. The van der Waals surface area contributed by atoms with Crippen molar-refractivity contribution in [2.24, 2.45) is 5.73 Å². The van der Waals surface area contributed by atoms with Gasteiger partial charge in [0.2, 0.25) is 0 Å². The molecule has 1 aromatic carbocycles. The molecule has 1 aliphatic rings. The van der Waals surface area contributed by atoms with Crippen molar-refractivity contribution >= 4 is 26.9 Å². The Hall–Kier alpha value is -0.840. The Morgan fingerprint density at radius 3 is 2.75 bits per heavy atom. The first-order chi connectivity index (χ1) is 9.61. The van der Waals surface area contributed by atoms with Crippen LogP contribution in [-0.2, 0) is 0 Å². The minimum absolute atomic E-state index is 0.237. The van der Waals surface area contributed by atoms with Crippen LogP contribution in [0, 0.1) is 0 Å². The normalized spacial score (nSPS) is 24.9. The maximum absolute atomic E-state index is 5.95. The number of nitrogens with two attached hydrogens (primary N) is 1. The van der Waals surface area contributed by atoms with E-state index in [1.807, 2.05) is 12.1 Å². The van der Waals surface area contributed by atoms with E-state index in [-0.39, 0.29) is 6.04 Å². The van der Waals surface area contributed by atoms with Crippen LogP contribution in [-0.4, -0.2) is 12.1 Å². The monoisotopic (exact) mass is 336 g/mol. The van der Waals surface area contributed by atoms with Gasteiger partial charge in [-0.2, -0.15) is 0 Å². The highest BCUT2D eigenvalue weighted by molar-refractivity contribution is 9.10. The maximum Gasteiger partial charge on any atom is 0.134 e. The van der Waals surface area contributed by atoms with Crippen LogP contribution in [0.15, 0.2) is 33.2 Å². The van der Waals surface area contributed by atoms with Gasteiger partial charge in [0, 0.05) is 21.9 Å². The molecule has 1 fully saturated rings. The Labute approximate surface area is 128 Å². The van der Waals surface area contributed by atoms with Gasteiger partial charge in [0.05, 0.1) is 6.04 Å². The zero-order valence-corrected chi connectivity index (χ0v) is 13.3. The molecule has 0 amide bonds. The molecular formula is C16H21BrN2O. The topological polar surface area (TPSA) is 51.2 Å². The zero-order chi connectivity index (χ0) is 14.1. The highest BCUT2D eigenvalue weighted by atomic mass is 79.9. The quantitative estimate of drug-likeness (QED) is 0.886. The van der Waals surface area contributed by atoms with E-state index < -0.39 is 0 Å². The van der Waals surface area contributed by atoms with Crippen LogP contribution in [0.4, 0.5) is 0 Å². The number of nitrogens with one attached hydrogen (secondary N) is 1. The van der Waals surface area contributed by atoms with E-state index >= 15 is 0 Å². The highest BCUT2D eigenvalue weighted by Crippen LogP contribution is 2.28. The van der Waals surface area contributed by atoms with Crippen LogP contribution in [0.25, 0.3) is 11.0 Å². The first-order valence-electron chi connectivity index (χ1n) is 7.32. The molecule has 0 spiro atoms. The second-order valence-electron chi connectivity index (χ2n) is 5.83. The fourth-order valence-corrected chi connectivity index (χ4v) is 3.35. The van der Waals surface area contributed by atoms with E-state index in [1.54, 1.807) is 0 Å². The van der Waals surface area contributed by atoms with E-state index in [9.17, 15) is 0 Å². The molecule has 3 nitrogen and oxygen atoms in total. The smallest absolute Gasteiger partial charge is 0.134 e. The van der Waals surface area contributed by atoms with E-state index in [0.29, 0.717) is 12.1 Å². The molecular weight excluding hydrogens is 316 g/mol. The average molecular weight is 337 g/mol. The van der Waals surface area contributed by atoms with Crippen molar-refractivity contribution in [2.45, 2.75) is 50.7 Å². The van der Waals surface area contributed by atoms with Gasteiger partial charge in [-0.1, -0.05) is 15.9 Å². The molecule has 1 aliphatic carbocycles. The Bertz CT molecular complexity index is 587. The third-order valence-electron chi connectivity index (χ3n) is 4.18. The van der Waals surface area contributed by atoms with Gasteiger partial charge in [0.1, 0.15) is 11.3 Å². The van der Waals surface area contributed by atoms with Gasteiger partial charge in [-0.05, 0) is 56.9 Å². The van der Waals surface area contributed by atoms with E-state index in [4.69, 9.17) is 10.2 Å². The minimum Gasteiger partial charge on any atom is -0.459 e. The van der Waals surface area contributed by atoms with Crippen LogP contribution in [0.3, 0.4) is 0 Å². The first-order valence-corrected chi connectivity index (χ1v) is 8.12. The summed E-state index contributed by atoms with van der Waals surface area (Å²) in [4.78, 5) is 0. The second kappa shape index (κ2) is 5.88. The van der Waals surface area contributed by atoms with Crippen molar-refractivity contribution in [3.63, 3.8) is 0 Å². The number of hydrogen-bond donors (Lipinski definition) is 2. The molecule has 3 rings (SSSR count). The summed E-state index contributed by atoms with van der Waals surface area (Å²) in [5, 5.41) is 4.82. The molecule has 0 saturated heterocycles. The van der Waals surface area contributed by atoms with Crippen LogP contribution in [0.5, 0.6) is 0 Å². The van der Waals surface area contributed by atoms with Crippen molar-refractivity contribution in [3.8, 4) is 0 Å². The van der Waals surface area contributed by atoms with Crippen molar-refractivity contribution in [1.82, 2.24) is 5.32 Å². The molecule has 1 unspecified atom stereocenters. The molecule has 20 heavy (non-hydrogen) atoms. The van der Waals surface area contributed by atoms with Gasteiger partial charge in [-0.15, -0.1) is 0 Å². The molecule has 108 valence electrons. The lowest BCUT2D eigenvalue weighted by Crippen LogP contribution is -2.38. The summed E-state index contributed by atoms with van der Waals surface area (Å²) in [6, 6.07) is 9.43. The molecule has 0 radical (unpaired) electrons. The van der Waals surface area contributed by atoms with Crippen LogP contribution in [0.1, 0.15) is 44.4 Å². The molecule has 1 saturated carbocycles. The predicted molar refractivity (Wildman–Crippen MR) is 85.7 cm³/mol. The van der Waals surface area contributed by atoms with Gasteiger partial charge >= 0.3 is 0 Å². The Morgan fingerprint density at radius 2 is 2.00 bits per heavy atom. The summed E-state index contributed by atoms with van der Waals surface area (Å²) >= 11 is 3.49. The summed E-state index contributed by atoms with van der Waals surface area (Å²) in [7, 11) is 0. The molecule has 1 aromatic heterocycles. The fraction of sp³-hybridized carbons (Fsp3) is 0.500. The summed E-state index contributed by atoms with van der Waals surface area (Å²) in [6.07, 6.45) is 4.57. The van der Waals surface area contributed by atoms with Gasteiger partial charge in [-0.25, -0.2) is 0 Å². The molecule has 1 heterocycles. The first kappa shape index (κ1) is 14.1. The summed E-state index contributed by atoms with van der Waals surface area (Å²) in [5.74, 6) is 1.01. The SMILES string of the molecule is CC(NC1CCC(N)CC1)c1cc2cc(Br)ccc2o1. The average Bonchev–Trinajstić information content (AvgIpc) is 2.84. The summed E-state index contributed by atoms with van der Waals surface area (Å²) in [6.45, 7) is 2.17. The molecule has 0 bridgehead atoms. The highest BCUT2D eigenvalue weighted by Gasteiger charge is 2.21. The molecule has 3 N–H and O–H groups in total.